The van der Waals surface area contributed by atoms with Crippen LogP contribution in [-0.2, 0) is 0 Å². The predicted octanol–water partition coefficient (Wildman–Crippen LogP) is 3.62. The summed E-state index contributed by atoms with van der Waals surface area (Å²) in [6.45, 7) is 4.80. The zero-order chi connectivity index (χ0) is 13.2. The molecule has 2 saturated heterocycles. The smallest absolute Gasteiger partial charge is 0.0453 e. The van der Waals surface area contributed by atoms with Crippen molar-refractivity contribution in [3.8, 4) is 0 Å². The number of hydrogen-bond donors (Lipinski definition) is 1. The van der Waals surface area contributed by atoms with Crippen molar-refractivity contribution in [3.05, 3.63) is 34.9 Å². The maximum atomic E-state index is 6.28. The van der Waals surface area contributed by atoms with Crippen LogP contribution in [-0.4, -0.2) is 30.1 Å². The lowest BCUT2D eigenvalue weighted by Gasteiger charge is -2.36. The Bertz CT molecular complexity index is 435. The van der Waals surface area contributed by atoms with E-state index < -0.39 is 0 Å². The molecule has 0 bridgehead atoms. The fourth-order valence-corrected chi connectivity index (χ4v) is 3.94. The minimum absolute atomic E-state index is 0.339. The summed E-state index contributed by atoms with van der Waals surface area (Å²) in [5.41, 5.74) is 1.22. The highest BCUT2D eigenvalue weighted by Gasteiger charge is 2.32. The lowest BCUT2D eigenvalue weighted by Crippen LogP contribution is -2.46. The van der Waals surface area contributed by atoms with Gasteiger partial charge in [-0.1, -0.05) is 29.8 Å². The lowest BCUT2D eigenvalue weighted by molar-refractivity contribution is 0.162. The summed E-state index contributed by atoms with van der Waals surface area (Å²) in [6, 6.07) is 9.98. The number of fused-ring (bicyclic) bond motifs is 1. The molecule has 2 fully saturated rings. The molecule has 2 aliphatic heterocycles. The molecule has 0 saturated carbocycles. The van der Waals surface area contributed by atoms with Crippen LogP contribution in [0.1, 0.15) is 44.2 Å². The SMILES string of the molecule is CC(NC1CCN2CCCC2C1)c1ccccc1Cl. The third kappa shape index (κ3) is 2.96. The fourth-order valence-electron chi connectivity index (χ4n) is 3.65. The van der Waals surface area contributed by atoms with Gasteiger partial charge >= 0.3 is 0 Å². The average molecular weight is 279 g/mol. The van der Waals surface area contributed by atoms with Crippen molar-refractivity contribution in [1.82, 2.24) is 10.2 Å². The van der Waals surface area contributed by atoms with Crippen molar-refractivity contribution < 1.29 is 0 Å². The summed E-state index contributed by atoms with van der Waals surface area (Å²) >= 11 is 6.28. The molecule has 0 aliphatic carbocycles. The van der Waals surface area contributed by atoms with Gasteiger partial charge in [0.15, 0.2) is 0 Å². The summed E-state index contributed by atoms with van der Waals surface area (Å²) in [6.07, 6.45) is 5.34. The Balaban J connectivity index is 1.61. The zero-order valence-corrected chi connectivity index (χ0v) is 12.4. The van der Waals surface area contributed by atoms with Crippen LogP contribution < -0.4 is 5.32 Å². The second-order valence-electron chi connectivity index (χ2n) is 5.96. The minimum Gasteiger partial charge on any atom is -0.307 e. The van der Waals surface area contributed by atoms with Crippen LogP contribution in [0.3, 0.4) is 0 Å². The fraction of sp³-hybridized carbons (Fsp3) is 0.625. The van der Waals surface area contributed by atoms with Gasteiger partial charge in [-0.2, -0.15) is 0 Å². The van der Waals surface area contributed by atoms with Gasteiger partial charge in [-0.3, -0.25) is 0 Å². The molecule has 3 rings (SSSR count). The lowest BCUT2D eigenvalue weighted by atomic mass is 9.96. The number of nitrogens with zero attached hydrogens (tertiary/aromatic N) is 1. The van der Waals surface area contributed by atoms with Crippen molar-refractivity contribution >= 4 is 11.6 Å². The van der Waals surface area contributed by atoms with Crippen LogP contribution in [0, 0.1) is 0 Å². The van der Waals surface area contributed by atoms with E-state index in [1.165, 1.54) is 44.3 Å². The predicted molar refractivity (Wildman–Crippen MR) is 80.6 cm³/mol. The molecule has 2 heterocycles. The summed E-state index contributed by atoms with van der Waals surface area (Å²) in [7, 11) is 0. The molecular weight excluding hydrogens is 256 g/mol. The van der Waals surface area contributed by atoms with Crippen molar-refractivity contribution in [1.29, 1.82) is 0 Å². The first-order valence-corrected chi connectivity index (χ1v) is 7.86. The number of hydrogen-bond acceptors (Lipinski definition) is 2. The number of rotatable bonds is 3. The highest BCUT2D eigenvalue weighted by atomic mass is 35.5. The zero-order valence-electron chi connectivity index (χ0n) is 11.6. The molecule has 0 amide bonds. The van der Waals surface area contributed by atoms with Gasteiger partial charge in [-0.15, -0.1) is 0 Å². The highest BCUT2D eigenvalue weighted by molar-refractivity contribution is 6.31. The molecule has 0 spiro atoms. The third-order valence-electron chi connectivity index (χ3n) is 4.68. The van der Waals surface area contributed by atoms with Gasteiger partial charge in [0.2, 0.25) is 0 Å². The largest absolute Gasteiger partial charge is 0.307 e. The van der Waals surface area contributed by atoms with E-state index in [4.69, 9.17) is 11.6 Å². The minimum atomic E-state index is 0.339. The summed E-state index contributed by atoms with van der Waals surface area (Å²) in [5, 5.41) is 4.65. The van der Waals surface area contributed by atoms with E-state index in [9.17, 15) is 0 Å². The van der Waals surface area contributed by atoms with Gasteiger partial charge in [0, 0.05) is 23.1 Å². The van der Waals surface area contributed by atoms with E-state index in [2.05, 4.69) is 29.3 Å². The van der Waals surface area contributed by atoms with Crippen LogP contribution in [0.4, 0.5) is 0 Å². The topological polar surface area (TPSA) is 15.3 Å². The molecular formula is C16H23ClN2. The van der Waals surface area contributed by atoms with Gasteiger partial charge < -0.3 is 10.2 Å². The van der Waals surface area contributed by atoms with Crippen molar-refractivity contribution in [2.45, 2.75) is 50.7 Å². The van der Waals surface area contributed by atoms with E-state index >= 15 is 0 Å². The molecule has 1 aromatic rings. The Kier molecular flexibility index (Phi) is 4.11. The molecule has 3 atom stereocenters. The molecule has 104 valence electrons. The Morgan fingerprint density at radius 3 is 2.95 bits per heavy atom. The van der Waals surface area contributed by atoms with E-state index in [1.807, 2.05) is 12.1 Å². The molecule has 19 heavy (non-hydrogen) atoms. The first-order valence-electron chi connectivity index (χ1n) is 7.48. The molecule has 1 aromatic carbocycles. The van der Waals surface area contributed by atoms with Crippen LogP contribution in [0.2, 0.25) is 5.02 Å². The summed E-state index contributed by atoms with van der Waals surface area (Å²) in [5.74, 6) is 0. The van der Waals surface area contributed by atoms with Crippen molar-refractivity contribution in [3.63, 3.8) is 0 Å². The first-order chi connectivity index (χ1) is 9.24. The van der Waals surface area contributed by atoms with Crippen LogP contribution in [0.25, 0.3) is 0 Å². The summed E-state index contributed by atoms with van der Waals surface area (Å²) in [4.78, 5) is 2.67. The van der Waals surface area contributed by atoms with Crippen LogP contribution >= 0.6 is 11.6 Å². The molecule has 3 unspecified atom stereocenters. The first kappa shape index (κ1) is 13.4. The Hall–Kier alpha value is -0.570. The number of halogens is 1. The van der Waals surface area contributed by atoms with Gasteiger partial charge in [0.1, 0.15) is 0 Å². The normalized spacial score (nSPS) is 29.2. The summed E-state index contributed by atoms with van der Waals surface area (Å²) < 4.78 is 0. The Labute approximate surface area is 121 Å². The average Bonchev–Trinajstić information content (AvgIpc) is 2.86. The number of benzene rings is 1. The maximum absolute atomic E-state index is 6.28. The van der Waals surface area contributed by atoms with E-state index in [-0.39, 0.29) is 0 Å². The second-order valence-corrected chi connectivity index (χ2v) is 6.37. The third-order valence-corrected chi connectivity index (χ3v) is 5.02. The second kappa shape index (κ2) is 5.82. The van der Waals surface area contributed by atoms with Crippen molar-refractivity contribution in [2.24, 2.45) is 0 Å². The molecule has 0 aromatic heterocycles. The van der Waals surface area contributed by atoms with Gasteiger partial charge in [0.05, 0.1) is 0 Å². The molecule has 0 radical (unpaired) electrons. The molecule has 3 heteroatoms. The van der Waals surface area contributed by atoms with Gasteiger partial charge in [-0.05, 0) is 57.3 Å². The Morgan fingerprint density at radius 1 is 1.26 bits per heavy atom. The quantitative estimate of drug-likeness (QED) is 0.909. The monoisotopic (exact) mass is 278 g/mol. The van der Waals surface area contributed by atoms with Crippen LogP contribution in [0.5, 0.6) is 0 Å². The number of nitrogens with one attached hydrogen (secondary N) is 1. The van der Waals surface area contributed by atoms with Gasteiger partial charge in [-0.25, -0.2) is 0 Å². The standard InChI is InChI=1S/C16H23ClN2/c1-12(15-6-2-3-7-16(15)17)18-13-8-10-19-9-4-5-14(19)11-13/h2-3,6-7,12-14,18H,4-5,8-11H2,1H3. The Morgan fingerprint density at radius 2 is 2.11 bits per heavy atom. The maximum Gasteiger partial charge on any atom is 0.0453 e. The van der Waals surface area contributed by atoms with Crippen LogP contribution in [0.15, 0.2) is 24.3 Å². The highest BCUT2D eigenvalue weighted by Crippen LogP contribution is 2.29. The number of piperidine rings is 1. The molecule has 2 aliphatic rings. The molecule has 1 N–H and O–H groups in total. The van der Waals surface area contributed by atoms with Crippen molar-refractivity contribution in [2.75, 3.05) is 13.1 Å². The van der Waals surface area contributed by atoms with E-state index in [1.54, 1.807) is 0 Å². The molecule has 2 nitrogen and oxygen atoms in total. The van der Waals surface area contributed by atoms with Gasteiger partial charge in [0.25, 0.3) is 0 Å². The van der Waals surface area contributed by atoms with E-state index in [0.717, 1.165) is 11.1 Å². The van der Waals surface area contributed by atoms with E-state index in [0.29, 0.717) is 12.1 Å².